The highest BCUT2D eigenvalue weighted by molar-refractivity contribution is 5.72. The molecule has 0 N–H and O–H groups in total. The first kappa shape index (κ1) is 15.4. The van der Waals surface area contributed by atoms with Crippen LogP contribution in [0.5, 0.6) is 0 Å². The van der Waals surface area contributed by atoms with Crippen molar-refractivity contribution in [1.29, 1.82) is 0 Å². The molecule has 0 aromatic carbocycles. The van der Waals surface area contributed by atoms with Crippen LogP contribution in [0.2, 0.25) is 0 Å². The molecular weight excluding hydrogens is 260 g/mol. The quantitative estimate of drug-likeness (QED) is 0.695. The molecule has 120 valence electrons. The molecule has 4 saturated carbocycles. The van der Waals surface area contributed by atoms with Crippen LogP contribution in [0.1, 0.15) is 73.1 Å². The molecule has 0 amide bonds. The lowest BCUT2D eigenvalue weighted by Gasteiger charge is -2.65. The molecule has 4 bridgehead atoms. The molecule has 21 heavy (non-hydrogen) atoms. The smallest absolute Gasteiger partial charge is 0.309 e. The normalized spacial score (nSPS) is 45.9. The monoisotopic (exact) mass is 292 g/mol. The fourth-order valence-corrected chi connectivity index (χ4v) is 6.06. The van der Waals surface area contributed by atoms with E-state index in [9.17, 15) is 4.79 Å². The molecule has 4 rings (SSSR count). The summed E-state index contributed by atoms with van der Waals surface area (Å²) in [5.74, 6) is 2.60. The van der Waals surface area contributed by atoms with Gasteiger partial charge >= 0.3 is 5.97 Å². The zero-order valence-electron chi connectivity index (χ0n) is 14.4. The summed E-state index contributed by atoms with van der Waals surface area (Å²) < 4.78 is 6.34. The molecule has 0 spiro atoms. The summed E-state index contributed by atoms with van der Waals surface area (Å²) in [5.41, 5.74) is 0.356. The molecular formula is C19H32O2. The van der Waals surface area contributed by atoms with Gasteiger partial charge in [0, 0.05) is 11.8 Å². The zero-order chi connectivity index (χ0) is 15.4. The number of carbonyl (C=O) groups is 1. The Balaban J connectivity index is 1.90. The summed E-state index contributed by atoms with van der Waals surface area (Å²) in [6.07, 6.45) is 7.41. The topological polar surface area (TPSA) is 26.3 Å². The van der Waals surface area contributed by atoms with Gasteiger partial charge in [0.15, 0.2) is 0 Å². The minimum absolute atomic E-state index is 0.0356. The van der Waals surface area contributed by atoms with Gasteiger partial charge in [-0.3, -0.25) is 4.79 Å². The van der Waals surface area contributed by atoms with Crippen molar-refractivity contribution in [2.45, 2.75) is 78.7 Å². The molecule has 2 heteroatoms. The Kier molecular flexibility index (Phi) is 3.65. The molecule has 4 aliphatic carbocycles. The molecule has 0 aromatic heterocycles. The average molecular weight is 292 g/mol. The van der Waals surface area contributed by atoms with Crippen LogP contribution < -0.4 is 0 Å². The second kappa shape index (κ2) is 4.99. The molecule has 3 atom stereocenters. The highest BCUT2D eigenvalue weighted by Gasteiger charge is 2.63. The Labute approximate surface area is 130 Å². The van der Waals surface area contributed by atoms with Crippen LogP contribution in [0.4, 0.5) is 0 Å². The minimum atomic E-state index is -0.170. The number of esters is 1. The first-order chi connectivity index (χ1) is 9.80. The maximum Gasteiger partial charge on any atom is 0.309 e. The van der Waals surface area contributed by atoms with E-state index in [1.807, 2.05) is 6.92 Å². The SMILES string of the molecule is CCC(C)C(=O)OC1(C(C)C)C2CC3CC1CC(C)(C3)C2. The van der Waals surface area contributed by atoms with E-state index in [4.69, 9.17) is 4.74 Å². The molecule has 4 aliphatic rings. The third-order valence-corrected chi connectivity index (χ3v) is 6.97. The van der Waals surface area contributed by atoms with Crippen LogP contribution in [0.25, 0.3) is 0 Å². The van der Waals surface area contributed by atoms with Crippen molar-refractivity contribution in [3.05, 3.63) is 0 Å². The van der Waals surface area contributed by atoms with Crippen molar-refractivity contribution < 1.29 is 9.53 Å². The Bertz CT molecular complexity index is 409. The Morgan fingerprint density at radius 2 is 1.71 bits per heavy atom. The molecule has 3 unspecified atom stereocenters. The van der Waals surface area contributed by atoms with E-state index in [1.54, 1.807) is 0 Å². The predicted octanol–water partition coefficient (Wildman–Crippen LogP) is 4.82. The number of carbonyl (C=O) groups excluding carboxylic acids is 1. The Hall–Kier alpha value is -0.530. The standard InChI is InChI=1S/C19H32O2/c1-6-13(4)17(20)21-19(12(2)3)15-7-14-8-16(19)11-18(5,9-14)10-15/h12-16H,6-11H2,1-5H3. The van der Waals surface area contributed by atoms with Crippen LogP contribution in [0.3, 0.4) is 0 Å². The number of ether oxygens (including phenoxy) is 1. The molecule has 0 aliphatic heterocycles. The second-order valence-corrected chi connectivity index (χ2v) is 8.89. The molecule has 4 fully saturated rings. The van der Waals surface area contributed by atoms with Gasteiger partial charge in [-0.05, 0) is 55.8 Å². The van der Waals surface area contributed by atoms with Crippen LogP contribution in [0, 0.1) is 35.0 Å². The van der Waals surface area contributed by atoms with Gasteiger partial charge < -0.3 is 4.74 Å². The van der Waals surface area contributed by atoms with Crippen molar-refractivity contribution in [3.8, 4) is 0 Å². The third kappa shape index (κ3) is 2.24. The van der Waals surface area contributed by atoms with Gasteiger partial charge in [-0.1, -0.05) is 34.6 Å². The average Bonchev–Trinajstić information content (AvgIpc) is 2.39. The summed E-state index contributed by atoms with van der Waals surface area (Å²) >= 11 is 0. The van der Waals surface area contributed by atoms with Crippen LogP contribution in [-0.2, 0) is 9.53 Å². The van der Waals surface area contributed by atoms with Crippen LogP contribution in [-0.4, -0.2) is 11.6 Å². The van der Waals surface area contributed by atoms with Crippen LogP contribution >= 0.6 is 0 Å². The molecule has 0 aromatic rings. The van der Waals surface area contributed by atoms with Gasteiger partial charge in [0.1, 0.15) is 5.60 Å². The van der Waals surface area contributed by atoms with Gasteiger partial charge in [0.2, 0.25) is 0 Å². The van der Waals surface area contributed by atoms with Gasteiger partial charge in [-0.25, -0.2) is 0 Å². The minimum Gasteiger partial charge on any atom is -0.458 e. The zero-order valence-corrected chi connectivity index (χ0v) is 14.4. The van der Waals surface area contributed by atoms with E-state index in [0.29, 0.717) is 23.2 Å². The summed E-state index contributed by atoms with van der Waals surface area (Å²) in [6, 6.07) is 0. The summed E-state index contributed by atoms with van der Waals surface area (Å²) in [6.45, 7) is 11.1. The summed E-state index contributed by atoms with van der Waals surface area (Å²) in [5, 5.41) is 0. The van der Waals surface area contributed by atoms with Gasteiger partial charge in [0.25, 0.3) is 0 Å². The Morgan fingerprint density at radius 3 is 2.14 bits per heavy atom. The number of rotatable bonds is 4. The number of hydrogen-bond acceptors (Lipinski definition) is 2. The van der Waals surface area contributed by atoms with Crippen LogP contribution in [0.15, 0.2) is 0 Å². The Morgan fingerprint density at radius 1 is 1.14 bits per heavy atom. The van der Waals surface area contributed by atoms with Gasteiger partial charge in [0.05, 0.1) is 5.92 Å². The van der Waals surface area contributed by atoms with Crippen molar-refractivity contribution >= 4 is 5.97 Å². The predicted molar refractivity (Wildman–Crippen MR) is 84.8 cm³/mol. The van der Waals surface area contributed by atoms with E-state index < -0.39 is 0 Å². The third-order valence-electron chi connectivity index (χ3n) is 6.97. The molecule has 2 nitrogen and oxygen atoms in total. The lowest BCUT2D eigenvalue weighted by Crippen LogP contribution is -2.64. The summed E-state index contributed by atoms with van der Waals surface area (Å²) in [4.78, 5) is 12.5. The number of hydrogen-bond donors (Lipinski definition) is 0. The molecule has 0 heterocycles. The molecule has 0 saturated heterocycles. The first-order valence-corrected chi connectivity index (χ1v) is 9.03. The highest BCUT2D eigenvalue weighted by Crippen LogP contribution is 2.66. The van der Waals surface area contributed by atoms with Crippen molar-refractivity contribution in [2.24, 2.45) is 35.0 Å². The van der Waals surface area contributed by atoms with Crippen molar-refractivity contribution in [2.75, 3.05) is 0 Å². The fraction of sp³-hybridized carbons (Fsp3) is 0.947. The van der Waals surface area contributed by atoms with Gasteiger partial charge in [-0.15, -0.1) is 0 Å². The van der Waals surface area contributed by atoms with E-state index in [0.717, 1.165) is 12.3 Å². The van der Waals surface area contributed by atoms with E-state index in [1.165, 1.54) is 32.1 Å². The first-order valence-electron chi connectivity index (χ1n) is 9.03. The maximum absolute atomic E-state index is 12.5. The van der Waals surface area contributed by atoms with E-state index in [2.05, 4.69) is 27.7 Å². The lowest BCUT2D eigenvalue weighted by molar-refractivity contribution is -0.240. The molecule has 0 radical (unpaired) electrons. The largest absolute Gasteiger partial charge is 0.458 e. The van der Waals surface area contributed by atoms with Crippen molar-refractivity contribution in [3.63, 3.8) is 0 Å². The lowest BCUT2D eigenvalue weighted by atomic mass is 9.43. The second-order valence-electron chi connectivity index (χ2n) is 8.89. The summed E-state index contributed by atoms with van der Waals surface area (Å²) in [7, 11) is 0. The fourth-order valence-electron chi connectivity index (χ4n) is 6.06. The maximum atomic E-state index is 12.5. The van der Waals surface area contributed by atoms with E-state index in [-0.39, 0.29) is 17.5 Å². The van der Waals surface area contributed by atoms with E-state index >= 15 is 0 Å². The highest BCUT2D eigenvalue weighted by atomic mass is 16.6. The van der Waals surface area contributed by atoms with Gasteiger partial charge in [-0.2, -0.15) is 0 Å². The van der Waals surface area contributed by atoms with Crippen molar-refractivity contribution in [1.82, 2.24) is 0 Å².